The molecule has 2 aromatic rings. The largest absolute Gasteiger partial charge is 0.469 e. The molecule has 0 spiro atoms. The van der Waals surface area contributed by atoms with Gasteiger partial charge in [0.05, 0.1) is 5.56 Å². The van der Waals surface area contributed by atoms with Crippen molar-refractivity contribution in [2.24, 2.45) is 0 Å². The maximum Gasteiger partial charge on any atom is 0.258 e. The van der Waals surface area contributed by atoms with Gasteiger partial charge in [-0.2, -0.15) is 0 Å². The fraction of sp³-hybridized carbons (Fsp3) is 0.214. The monoisotopic (exact) mass is 244 g/mol. The molecule has 3 N–H and O–H groups in total. The Balaban J connectivity index is 2.30. The van der Waals surface area contributed by atoms with E-state index in [1.54, 1.807) is 13.0 Å². The molecule has 0 aliphatic heterocycles. The van der Waals surface area contributed by atoms with Gasteiger partial charge in [0.2, 0.25) is 0 Å². The molecule has 1 aromatic carbocycles. The van der Waals surface area contributed by atoms with Crippen LogP contribution >= 0.6 is 0 Å². The van der Waals surface area contributed by atoms with Crippen molar-refractivity contribution in [2.75, 3.05) is 11.1 Å². The Hall–Kier alpha value is -2.23. The van der Waals surface area contributed by atoms with Crippen LogP contribution < -0.4 is 11.1 Å². The van der Waals surface area contributed by atoms with Crippen molar-refractivity contribution < 1.29 is 9.21 Å². The molecule has 94 valence electrons. The number of amides is 1. The molecule has 18 heavy (non-hydrogen) atoms. The first-order valence-electron chi connectivity index (χ1n) is 5.71. The van der Waals surface area contributed by atoms with Gasteiger partial charge in [-0.1, -0.05) is 6.07 Å². The quantitative estimate of drug-likeness (QED) is 0.798. The van der Waals surface area contributed by atoms with E-state index in [1.165, 1.54) is 6.26 Å². The lowest BCUT2D eigenvalue weighted by Crippen LogP contribution is -2.13. The minimum Gasteiger partial charge on any atom is -0.469 e. The van der Waals surface area contributed by atoms with Crippen LogP contribution in [-0.4, -0.2) is 5.91 Å². The van der Waals surface area contributed by atoms with E-state index in [-0.39, 0.29) is 5.91 Å². The van der Waals surface area contributed by atoms with Gasteiger partial charge < -0.3 is 15.5 Å². The highest BCUT2D eigenvalue weighted by Gasteiger charge is 2.12. The van der Waals surface area contributed by atoms with Crippen LogP contribution in [0.3, 0.4) is 0 Å². The SMILES string of the molecule is Cc1cc(C(=O)Nc2c(C)ccc(N)c2C)co1. The summed E-state index contributed by atoms with van der Waals surface area (Å²) in [6.07, 6.45) is 1.45. The first kappa shape index (κ1) is 12.2. The molecule has 2 rings (SSSR count). The van der Waals surface area contributed by atoms with Crippen molar-refractivity contribution >= 4 is 17.3 Å². The van der Waals surface area contributed by atoms with Gasteiger partial charge in [0.25, 0.3) is 5.91 Å². The van der Waals surface area contributed by atoms with Gasteiger partial charge in [-0.25, -0.2) is 0 Å². The predicted octanol–water partition coefficient (Wildman–Crippen LogP) is 3.04. The van der Waals surface area contributed by atoms with E-state index in [4.69, 9.17) is 10.2 Å². The van der Waals surface area contributed by atoms with E-state index < -0.39 is 0 Å². The molecule has 0 aliphatic rings. The van der Waals surface area contributed by atoms with E-state index in [2.05, 4.69) is 5.32 Å². The fourth-order valence-electron chi connectivity index (χ4n) is 1.80. The number of nitrogens with two attached hydrogens (primary N) is 1. The van der Waals surface area contributed by atoms with E-state index in [0.29, 0.717) is 17.0 Å². The van der Waals surface area contributed by atoms with Crippen LogP contribution in [0.2, 0.25) is 0 Å². The van der Waals surface area contributed by atoms with Gasteiger partial charge in [0.1, 0.15) is 12.0 Å². The molecule has 0 aliphatic carbocycles. The molecule has 0 saturated heterocycles. The zero-order chi connectivity index (χ0) is 13.3. The average molecular weight is 244 g/mol. The molecule has 1 amide bonds. The van der Waals surface area contributed by atoms with Gasteiger partial charge >= 0.3 is 0 Å². The normalized spacial score (nSPS) is 10.4. The third-order valence-corrected chi connectivity index (χ3v) is 2.95. The van der Waals surface area contributed by atoms with Gasteiger partial charge in [-0.05, 0) is 44.0 Å². The van der Waals surface area contributed by atoms with Gasteiger partial charge in [0, 0.05) is 11.4 Å². The second kappa shape index (κ2) is 4.56. The number of nitrogens with one attached hydrogen (secondary N) is 1. The highest BCUT2D eigenvalue weighted by Crippen LogP contribution is 2.25. The molecule has 1 heterocycles. The minimum atomic E-state index is -0.191. The van der Waals surface area contributed by atoms with Crippen LogP contribution in [0.5, 0.6) is 0 Å². The van der Waals surface area contributed by atoms with Crippen molar-refractivity contribution in [1.29, 1.82) is 0 Å². The number of carbonyl (C=O) groups excluding carboxylic acids is 1. The van der Waals surface area contributed by atoms with Crippen molar-refractivity contribution in [3.8, 4) is 0 Å². The number of furan rings is 1. The molecule has 4 nitrogen and oxygen atoms in total. The maximum atomic E-state index is 12.0. The molecule has 0 fully saturated rings. The van der Waals surface area contributed by atoms with Gasteiger partial charge in [-0.3, -0.25) is 4.79 Å². The summed E-state index contributed by atoms with van der Waals surface area (Å²) >= 11 is 0. The van der Waals surface area contributed by atoms with E-state index >= 15 is 0 Å². The summed E-state index contributed by atoms with van der Waals surface area (Å²) in [5.74, 6) is 0.518. The first-order chi connectivity index (χ1) is 8.49. The molecular formula is C14H16N2O2. The second-order valence-electron chi connectivity index (χ2n) is 4.37. The zero-order valence-corrected chi connectivity index (χ0v) is 10.7. The van der Waals surface area contributed by atoms with Crippen molar-refractivity contribution in [2.45, 2.75) is 20.8 Å². The lowest BCUT2D eigenvalue weighted by atomic mass is 10.1. The van der Waals surface area contributed by atoms with E-state index in [9.17, 15) is 4.79 Å². The molecule has 0 radical (unpaired) electrons. The summed E-state index contributed by atoms with van der Waals surface area (Å²) in [6, 6.07) is 5.42. The van der Waals surface area contributed by atoms with Crippen molar-refractivity contribution in [3.05, 3.63) is 46.9 Å². The number of carbonyl (C=O) groups is 1. The van der Waals surface area contributed by atoms with Crippen molar-refractivity contribution in [3.63, 3.8) is 0 Å². The highest BCUT2D eigenvalue weighted by molar-refractivity contribution is 6.05. The van der Waals surface area contributed by atoms with Crippen LogP contribution in [0.4, 0.5) is 11.4 Å². The Morgan fingerprint density at radius 1 is 1.28 bits per heavy atom. The smallest absolute Gasteiger partial charge is 0.258 e. The van der Waals surface area contributed by atoms with Crippen molar-refractivity contribution in [1.82, 2.24) is 0 Å². The standard InChI is InChI=1S/C14H16N2O2/c1-8-4-5-12(15)10(3)13(8)16-14(17)11-6-9(2)18-7-11/h4-7H,15H2,1-3H3,(H,16,17). The summed E-state index contributed by atoms with van der Waals surface area (Å²) in [4.78, 5) is 12.0. The number of hydrogen-bond acceptors (Lipinski definition) is 3. The fourth-order valence-corrected chi connectivity index (χ4v) is 1.80. The molecule has 0 saturated carbocycles. The number of rotatable bonds is 2. The maximum absolute atomic E-state index is 12.0. The summed E-state index contributed by atoms with van der Waals surface area (Å²) in [6.45, 7) is 5.62. The lowest BCUT2D eigenvalue weighted by molar-refractivity contribution is 0.102. The molecule has 0 unspecified atom stereocenters. The Morgan fingerprint density at radius 3 is 2.61 bits per heavy atom. The highest BCUT2D eigenvalue weighted by atomic mass is 16.3. The summed E-state index contributed by atoms with van der Waals surface area (Å²) in [7, 11) is 0. The number of nitrogen functional groups attached to an aromatic ring is 1. The Kier molecular flexibility index (Phi) is 3.10. The van der Waals surface area contributed by atoms with Gasteiger partial charge in [0.15, 0.2) is 0 Å². The molecule has 4 heteroatoms. The van der Waals surface area contributed by atoms with Crippen LogP contribution in [0, 0.1) is 20.8 Å². The minimum absolute atomic E-state index is 0.191. The third kappa shape index (κ3) is 2.22. The van der Waals surface area contributed by atoms with E-state index in [1.807, 2.05) is 26.0 Å². The van der Waals surface area contributed by atoms with Gasteiger partial charge in [-0.15, -0.1) is 0 Å². The lowest BCUT2D eigenvalue weighted by Gasteiger charge is -2.12. The van der Waals surface area contributed by atoms with Crippen LogP contribution in [-0.2, 0) is 0 Å². The van der Waals surface area contributed by atoms with Crippen LogP contribution in [0.25, 0.3) is 0 Å². The van der Waals surface area contributed by atoms with E-state index in [0.717, 1.165) is 16.8 Å². The number of hydrogen-bond donors (Lipinski definition) is 2. The Morgan fingerprint density at radius 2 is 2.00 bits per heavy atom. The summed E-state index contributed by atoms with van der Waals surface area (Å²) in [5, 5.41) is 2.87. The van der Waals surface area contributed by atoms with Crippen LogP contribution in [0.1, 0.15) is 27.2 Å². The molecule has 1 aromatic heterocycles. The molecule has 0 atom stereocenters. The first-order valence-corrected chi connectivity index (χ1v) is 5.71. The Bertz CT molecular complexity index is 600. The van der Waals surface area contributed by atoms with Crippen LogP contribution in [0.15, 0.2) is 28.9 Å². The molecule has 0 bridgehead atoms. The predicted molar refractivity (Wildman–Crippen MR) is 71.7 cm³/mol. The zero-order valence-electron chi connectivity index (χ0n) is 10.7. The number of aryl methyl sites for hydroxylation is 2. The summed E-state index contributed by atoms with van der Waals surface area (Å²) < 4.78 is 5.12. The second-order valence-corrected chi connectivity index (χ2v) is 4.37. The number of benzene rings is 1. The topological polar surface area (TPSA) is 68.3 Å². The average Bonchev–Trinajstić information content (AvgIpc) is 2.76. The number of anilines is 2. The molecular weight excluding hydrogens is 228 g/mol. The third-order valence-electron chi connectivity index (χ3n) is 2.95. The summed E-state index contributed by atoms with van der Waals surface area (Å²) in [5.41, 5.74) is 9.64. The Labute approximate surface area is 106 Å².